The minimum absolute atomic E-state index is 0.167. The highest BCUT2D eigenvalue weighted by molar-refractivity contribution is 6.01. The van der Waals surface area contributed by atoms with Crippen molar-refractivity contribution in [2.24, 2.45) is 0 Å². The van der Waals surface area contributed by atoms with Gasteiger partial charge < -0.3 is 20.5 Å². The fraction of sp³-hybridized carbons (Fsp3) is 0.0333. The van der Waals surface area contributed by atoms with E-state index in [2.05, 4.69) is 30.5 Å². The molecule has 3 N–H and O–H groups in total. The van der Waals surface area contributed by atoms with Crippen LogP contribution in [0.25, 0.3) is 33.3 Å². The van der Waals surface area contributed by atoms with E-state index >= 15 is 0 Å². The van der Waals surface area contributed by atoms with Crippen LogP contribution in [0.3, 0.4) is 0 Å². The summed E-state index contributed by atoms with van der Waals surface area (Å²) in [6, 6.07) is 24.8. The van der Waals surface area contributed by atoms with Crippen LogP contribution in [0.4, 0.5) is 21.8 Å². The Hall–Kier alpha value is -5.64. The molecule has 0 unspecified atom stereocenters. The maximum Gasteiger partial charge on any atom is 0.228 e. The molecule has 0 aliphatic rings. The summed E-state index contributed by atoms with van der Waals surface area (Å²) in [4.78, 5) is 12.6. The molecule has 10 heteroatoms. The molecule has 3 aromatic carbocycles. The van der Waals surface area contributed by atoms with Crippen LogP contribution in [0.1, 0.15) is 0 Å². The minimum atomic E-state index is -0.407. The van der Waals surface area contributed by atoms with E-state index in [0.717, 1.165) is 16.5 Å². The van der Waals surface area contributed by atoms with Gasteiger partial charge in [-0.25, -0.2) is 19.3 Å². The molecule has 0 atom stereocenters. The second-order valence-electron chi connectivity index (χ2n) is 8.70. The summed E-state index contributed by atoms with van der Waals surface area (Å²) in [5.74, 6) is 1.79. The van der Waals surface area contributed by atoms with E-state index in [4.69, 9.17) is 15.2 Å². The first-order valence-electron chi connectivity index (χ1n) is 12.3. The number of benzene rings is 3. The zero-order chi connectivity index (χ0) is 27.5. The van der Waals surface area contributed by atoms with E-state index in [1.807, 2.05) is 54.6 Å². The molecule has 196 valence electrons. The Morgan fingerprint density at radius 1 is 0.775 bits per heavy atom. The summed E-state index contributed by atoms with van der Waals surface area (Å²) in [6.45, 7) is 0. The topological polar surface area (TPSA) is 121 Å². The molecular formula is C30H22FN7O2. The number of ether oxygens (including phenoxy) is 2. The number of aromatic nitrogens is 5. The van der Waals surface area contributed by atoms with E-state index in [1.165, 1.54) is 13.2 Å². The number of rotatable bonds is 7. The Morgan fingerprint density at radius 3 is 2.38 bits per heavy atom. The number of nitrogens with two attached hydrogens (primary N) is 1. The molecule has 9 nitrogen and oxygen atoms in total. The summed E-state index contributed by atoms with van der Waals surface area (Å²) in [6.07, 6.45) is 3.23. The highest BCUT2D eigenvalue weighted by Gasteiger charge is 2.16. The Labute approximate surface area is 228 Å². The van der Waals surface area contributed by atoms with Crippen molar-refractivity contribution in [1.82, 2.24) is 25.1 Å². The number of hydrogen-bond donors (Lipinski definition) is 2. The molecule has 6 rings (SSSR count). The number of nitrogens with zero attached hydrogens (tertiary/aromatic N) is 5. The van der Waals surface area contributed by atoms with Gasteiger partial charge in [0.25, 0.3) is 0 Å². The van der Waals surface area contributed by atoms with E-state index in [0.29, 0.717) is 45.7 Å². The molecule has 0 radical (unpaired) electrons. The molecular weight excluding hydrogens is 509 g/mol. The number of pyridine rings is 1. The Kier molecular flexibility index (Phi) is 6.55. The third kappa shape index (κ3) is 4.93. The number of nitrogens with one attached hydrogen (secondary N) is 1. The van der Waals surface area contributed by atoms with Crippen LogP contribution in [-0.2, 0) is 0 Å². The molecule has 0 spiro atoms. The lowest BCUT2D eigenvalue weighted by Crippen LogP contribution is -2.00. The highest BCUT2D eigenvalue weighted by atomic mass is 19.1. The second-order valence-corrected chi connectivity index (χ2v) is 8.70. The Balaban J connectivity index is 1.27. The summed E-state index contributed by atoms with van der Waals surface area (Å²) in [7, 11) is 1.54. The van der Waals surface area contributed by atoms with E-state index in [-0.39, 0.29) is 5.95 Å². The molecule has 0 amide bonds. The van der Waals surface area contributed by atoms with Gasteiger partial charge in [0, 0.05) is 34.4 Å². The molecule has 0 fully saturated rings. The lowest BCUT2D eigenvalue weighted by molar-refractivity contribution is 0.414. The molecule has 0 bridgehead atoms. The first kappa shape index (κ1) is 24.7. The van der Waals surface area contributed by atoms with Gasteiger partial charge in [-0.2, -0.15) is 0 Å². The predicted molar refractivity (Wildman–Crippen MR) is 151 cm³/mol. The van der Waals surface area contributed by atoms with Crippen molar-refractivity contribution in [3.63, 3.8) is 0 Å². The average Bonchev–Trinajstić information content (AvgIpc) is 2.99. The summed E-state index contributed by atoms with van der Waals surface area (Å²) >= 11 is 0. The van der Waals surface area contributed by atoms with Gasteiger partial charge in [0.05, 0.1) is 18.4 Å². The standard InChI is InChI=1S/C30H22FN7O2/c1-39-20-12-13-25(31)24(17-20)27-21-5-2-3-6-22(21)28(38-37-27)35-18-8-10-19(11-9-18)40-29-23(7-4-15-33-29)26-14-16-34-30(32)36-26/h2-17H,1H3,(H,35,38)(H2,32,34,36). The van der Waals surface area contributed by atoms with Gasteiger partial charge >= 0.3 is 0 Å². The van der Waals surface area contributed by atoms with Gasteiger partial charge in [-0.1, -0.05) is 24.3 Å². The van der Waals surface area contributed by atoms with Gasteiger partial charge in [0.15, 0.2) is 5.82 Å². The number of nitrogen functional groups attached to an aromatic ring is 1. The molecule has 0 aliphatic heterocycles. The van der Waals surface area contributed by atoms with Crippen molar-refractivity contribution in [2.45, 2.75) is 0 Å². The van der Waals surface area contributed by atoms with E-state index < -0.39 is 5.82 Å². The van der Waals surface area contributed by atoms with Crippen LogP contribution >= 0.6 is 0 Å². The second kappa shape index (κ2) is 10.6. The number of halogens is 1. The van der Waals surface area contributed by atoms with Crippen LogP contribution in [0, 0.1) is 5.82 Å². The molecule has 40 heavy (non-hydrogen) atoms. The average molecular weight is 532 g/mol. The summed E-state index contributed by atoms with van der Waals surface area (Å²) in [5.41, 5.74) is 8.55. The number of fused-ring (bicyclic) bond motifs is 1. The number of hydrogen-bond acceptors (Lipinski definition) is 9. The van der Waals surface area contributed by atoms with Crippen molar-refractivity contribution in [3.05, 3.63) is 103 Å². The maximum atomic E-state index is 14.7. The lowest BCUT2D eigenvalue weighted by Gasteiger charge is -2.13. The molecule has 3 aromatic heterocycles. The predicted octanol–water partition coefficient (Wildman–Crippen LogP) is 6.41. The van der Waals surface area contributed by atoms with Gasteiger partial charge in [0.1, 0.15) is 23.0 Å². The summed E-state index contributed by atoms with van der Waals surface area (Å²) in [5, 5.41) is 13.6. The van der Waals surface area contributed by atoms with Crippen LogP contribution in [-0.4, -0.2) is 32.3 Å². The molecule has 6 aromatic rings. The summed E-state index contributed by atoms with van der Waals surface area (Å²) < 4.78 is 26.1. The lowest BCUT2D eigenvalue weighted by atomic mass is 10.0. The zero-order valence-electron chi connectivity index (χ0n) is 21.2. The van der Waals surface area contributed by atoms with Gasteiger partial charge in [-0.05, 0) is 60.7 Å². The molecule has 0 saturated carbocycles. The van der Waals surface area contributed by atoms with Gasteiger partial charge in [-0.3, -0.25) is 0 Å². The van der Waals surface area contributed by atoms with Gasteiger partial charge in [0.2, 0.25) is 11.8 Å². The first-order valence-corrected chi connectivity index (χ1v) is 12.3. The van der Waals surface area contributed by atoms with Crippen LogP contribution in [0.5, 0.6) is 17.4 Å². The van der Waals surface area contributed by atoms with Crippen LogP contribution in [0.2, 0.25) is 0 Å². The quantitative estimate of drug-likeness (QED) is 0.240. The highest BCUT2D eigenvalue weighted by Crippen LogP contribution is 2.35. The third-order valence-corrected chi connectivity index (χ3v) is 6.17. The molecule has 0 saturated heterocycles. The fourth-order valence-corrected chi connectivity index (χ4v) is 4.25. The maximum absolute atomic E-state index is 14.7. The largest absolute Gasteiger partial charge is 0.497 e. The van der Waals surface area contributed by atoms with E-state index in [9.17, 15) is 4.39 Å². The van der Waals surface area contributed by atoms with E-state index in [1.54, 1.807) is 36.7 Å². The third-order valence-electron chi connectivity index (χ3n) is 6.17. The van der Waals surface area contributed by atoms with Gasteiger partial charge in [-0.15, -0.1) is 10.2 Å². The SMILES string of the molecule is COc1ccc(F)c(-c2nnc(Nc3ccc(Oc4ncccc4-c4ccnc(N)n4)cc3)c3ccccc23)c1. The van der Waals surface area contributed by atoms with Crippen molar-refractivity contribution >= 4 is 28.2 Å². The Bertz CT molecular complexity index is 1830. The molecule has 0 aliphatic carbocycles. The van der Waals surface area contributed by atoms with Crippen molar-refractivity contribution < 1.29 is 13.9 Å². The smallest absolute Gasteiger partial charge is 0.228 e. The molecule has 3 heterocycles. The number of anilines is 3. The minimum Gasteiger partial charge on any atom is -0.497 e. The zero-order valence-corrected chi connectivity index (χ0v) is 21.2. The van der Waals surface area contributed by atoms with Crippen molar-refractivity contribution in [3.8, 4) is 39.9 Å². The van der Waals surface area contributed by atoms with Crippen molar-refractivity contribution in [2.75, 3.05) is 18.2 Å². The normalized spacial score (nSPS) is 10.8. The van der Waals surface area contributed by atoms with Crippen LogP contribution in [0.15, 0.2) is 97.3 Å². The van der Waals surface area contributed by atoms with Crippen molar-refractivity contribution in [1.29, 1.82) is 0 Å². The first-order chi connectivity index (χ1) is 19.6. The monoisotopic (exact) mass is 531 g/mol. The van der Waals surface area contributed by atoms with Crippen LogP contribution < -0.4 is 20.5 Å². The fourth-order valence-electron chi connectivity index (χ4n) is 4.25. The number of methoxy groups -OCH3 is 1. The Morgan fingerprint density at radius 2 is 1.57 bits per heavy atom.